The Morgan fingerprint density at radius 1 is 1.00 bits per heavy atom. The maximum absolute atomic E-state index is 5.49. The number of imidazole rings is 2. The van der Waals surface area contributed by atoms with Gasteiger partial charge in [0.25, 0.3) is 0 Å². The van der Waals surface area contributed by atoms with Gasteiger partial charge in [-0.25, -0.2) is 4.98 Å². The zero-order valence-corrected chi connectivity index (χ0v) is 14.5. The van der Waals surface area contributed by atoms with Gasteiger partial charge in [0.2, 0.25) is 12.6 Å². The van der Waals surface area contributed by atoms with Crippen molar-refractivity contribution in [1.29, 1.82) is 0 Å². The number of aryl methyl sites for hydroxylation is 1. The first kappa shape index (κ1) is 14.9. The van der Waals surface area contributed by atoms with E-state index in [1.807, 2.05) is 60.1 Å². The van der Waals surface area contributed by atoms with Crippen LogP contribution in [0, 0.1) is 0 Å². The van der Waals surface area contributed by atoms with Gasteiger partial charge in [0.15, 0.2) is 11.5 Å². The number of nitrogens with zero attached hydrogens (tertiary/aromatic N) is 3. The van der Waals surface area contributed by atoms with Gasteiger partial charge in [0.1, 0.15) is 5.75 Å². The van der Waals surface area contributed by atoms with Crippen LogP contribution < -0.4 is 14.2 Å². The van der Waals surface area contributed by atoms with Crippen molar-refractivity contribution in [1.82, 2.24) is 14.0 Å². The zero-order chi connectivity index (χ0) is 17.7. The fourth-order valence-electron chi connectivity index (χ4n) is 3.30. The molecule has 0 aliphatic carbocycles. The second-order valence-corrected chi connectivity index (χ2v) is 6.21. The van der Waals surface area contributed by atoms with Crippen LogP contribution in [0.1, 0.15) is 0 Å². The number of fused-ring (bicyclic) bond motifs is 2. The van der Waals surface area contributed by atoms with Crippen LogP contribution in [0.3, 0.4) is 0 Å². The van der Waals surface area contributed by atoms with Crippen molar-refractivity contribution in [2.24, 2.45) is 7.05 Å². The lowest BCUT2D eigenvalue weighted by Gasteiger charge is -2.04. The van der Waals surface area contributed by atoms with Gasteiger partial charge in [-0.3, -0.25) is 4.40 Å². The molecule has 26 heavy (non-hydrogen) atoms. The van der Waals surface area contributed by atoms with E-state index >= 15 is 0 Å². The summed E-state index contributed by atoms with van der Waals surface area (Å²) in [5, 5.41) is 0. The quantitative estimate of drug-likeness (QED) is 0.566. The molecule has 3 heterocycles. The Hall–Kier alpha value is -3.41. The van der Waals surface area contributed by atoms with Crippen molar-refractivity contribution in [3.63, 3.8) is 0 Å². The average molecular weight is 347 g/mol. The van der Waals surface area contributed by atoms with E-state index in [9.17, 15) is 0 Å². The van der Waals surface area contributed by atoms with Gasteiger partial charge in [0, 0.05) is 30.6 Å². The third kappa shape index (κ3) is 2.23. The van der Waals surface area contributed by atoms with E-state index in [-0.39, 0.29) is 6.79 Å². The fraction of sp³-hybridized carbons (Fsp3) is 0.150. The molecule has 0 fully saturated rings. The SMILES string of the molecule is COc1cccc(-c2cn3cc(-c4ccc5c(c4)OCO5)n(C)c3n2)c1. The Balaban J connectivity index is 1.57. The van der Waals surface area contributed by atoms with E-state index < -0.39 is 0 Å². The molecule has 2 aromatic carbocycles. The number of aromatic nitrogens is 3. The number of hydrogen-bond donors (Lipinski definition) is 0. The lowest BCUT2D eigenvalue weighted by atomic mass is 10.1. The molecule has 130 valence electrons. The summed E-state index contributed by atoms with van der Waals surface area (Å²) in [5.74, 6) is 3.25. The molecular formula is C20H17N3O3. The summed E-state index contributed by atoms with van der Waals surface area (Å²) >= 11 is 0. The van der Waals surface area contributed by atoms with Gasteiger partial charge in [-0.15, -0.1) is 0 Å². The Kier molecular flexibility index (Phi) is 3.18. The van der Waals surface area contributed by atoms with E-state index in [4.69, 9.17) is 19.2 Å². The first-order chi connectivity index (χ1) is 12.7. The third-order valence-corrected chi connectivity index (χ3v) is 4.67. The molecule has 6 nitrogen and oxygen atoms in total. The predicted octanol–water partition coefficient (Wildman–Crippen LogP) is 3.74. The summed E-state index contributed by atoms with van der Waals surface area (Å²) in [5.41, 5.74) is 4.05. The Bertz CT molecular complexity index is 1130. The van der Waals surface area contributed by atoms with Crippen LogP contribution in [0.25, 0.3) is 28.3 Å². The molecule has 0 bridgehead atoms. The third-order valence-electron chi connectivity index (χ3n) is 4.67. The zero-order valence-electron chi connectivity index (χ0n) is 14.5. The summed E-state index contributed by atoms with van der Waals surface area (Å²) in [7, 11) is 3.68. The minimum Gasteiger partial charge on any atom is -0.497 e. The highest BCUT2D eigenvalue weighted by molar-refractivity contribution is 5.69. The van der Waals surface area contributed by atoms with Gasteiger partial charge < -0.3 is 18.8 Å². The summed E-state index contributed by atoms with van der Waals surface area (Å²) < 4.78 is 20.3. The van der Waals surface area contributed by atoms with Crippen molar-refractivity contribution in [3.05, 3.63) is 54.9 Å². The summed E-state index contributed by atoms with van der Waals surface area (Å²) in [6.45, 7) is 0.277. The summed E-state index contributed by atoms with van der Waals surface area (Å²) in [6, 6.07) is 13.9. The Morgan fingerprint density at radius 2 is 1.88 bits per heavy atom. The van der Waals surface area contributed by atoms with Gasteiger partial charge in [-0.05, 0) is 30.3 Å². The second kappa shape index (κ2) is 5.56. The molecule has 1 aliphatic rings. The largest absolute Gasteiger partial charge is 0.497 e. The van der Waals surface area contributed by atoms with Crippen LogP contribution >= 0.6 is 0 Å². The van der Waals surface area contributed by atoms with E-state index in [0.717, 1.165) is 45.5 Å². The van der Waals surface area contributed by atoms with Crippen LogP contribution in [0.15, 0.2) is 54.9 Å². The van der Waals surface area contributed by atoms with Crippen LogP contribution in [0.2, 0.25) is 0 Å². The monoisotopic (exact) mass is 347 g/mol. The van der Waals surface area contributed by atoms with Crippen LogP contribution in [-0.4, -0.2) is 27.9 Å². The van der Waals surface area contributed by atoms with Gasteiger partial charge in [-0.1, -0.05) is 12.1 Å². The Morgan fingerprint density at radius 3 is 2.73 bits per heavy atom. The molecule has 4 aromatic rings. The van der Waals surface area contributed by atoms with Crippen LogP contribution in [0.5, 0.6) is 17.2 Å². The topological polar surface area (TPSA) is 49.9 Å². The first-order valence-corrected chi connectivity index (χ1v) is 8.32. The average Bonchev–Trinajstić information content (AvgIpc) is 3.37. The lowest BCUT2D eigenvalue weighted by molar-refractivity contribution is 0.174. The maximum atomic E-state index is 5.49. The van der Waals surface area contributed by atoms with Gasteiger partial charge in [0.05, 0.1) is 18.5 Å². The molecule has 6 heteroatoms. The minimum absolute atomic E-state index is 0.277. The molecule has 0 N–H and O–H groups in total. The number of methoxy groups -OCH3 is 1. The number of benzene rings is 2. The number of ether oxygens (including phenoxy) is 3. The molecular weight excluding hydrogens is 330 g/mol. The predicted molar refractivity (Wildman–Crippen MR) is 97.7 cm³/mol. The second-order valence-electron chi connectivity index (χ2n) is 6.21. The lowest BCUT2D eigenvalue weighted by Crippen LogP contribution is -1.93. The highest BCUT2D eigenvalue weighted by Crippen LogP contribution is 2.36. The molecule has 0 atom stereocenters. The summed E-state index contributed by atoms with van der Waals surface area (Å²) in [4.78, 5) is 4.79. The van der Waals surface area contributed by atoms with Gasteiger partial charge >= 0.3 is 0 Å². The molecule has 5 rings (SSSR count). The molecule has 2 aromatic heterocycles. The first-order valence-electron chi connectivity index (χ1n) is 8.32. The van der Waals surface area contributed by atoms with Crippen LogP contribution in [-0.2, 0) is 7.05 Å². The fourth-order valence-corrected chi connectivity index (χ4v) is 3.30. The Labute approximate surface area is 150 Å². The smallest absolute Gasteiger partial charge is 0.231 e. The molecule has 1 aliphatic heterocycles. The normalized spacial score (nSPS) is 12.7. The van der Waals surface area contributed by atoms with Crippen molar-refractivity contribution in [2.75, 3.05) is 13.9 Å². The molecule has 0 unspecified atom stereocenters. The molecule has 0 saturated heterocycles. The molecule has 0 radical (unpaired) electrons. The maximum Gasteiger partial charge on any atom is 0.231 e. The van der Waals surface area contributed by atoms with Crippen molar-refractivity contribution < 1.29 is 14.2 Å². The minimum atomic E-state index is 0.277. The molecule has 0 amide bonds. The van der Waals surface area contributed by atoms with Crippen molar-refractivity contribution >= 4 is 5.78 Å². The number of rotatable bonds is 3. The van der Waals surface area contributed by atoms with Crippen molar-refractivity contribution in [3.8, 4) is 39.8 Å². The summed E-state index contributed by atoms with van der Waals surface area (Å²) in [6.07, 6.45) is 4.10. The van der Waals surface area contributed by atoms with Crippen LogP contribution in [0.4, 0.5) is 0 Å². The molecule has 0 saturated carbocycles. The van der Waals surface area contributed by atoms with E-state index in [1.165, 1.54) is 0 Å². The van der Waals surface area contributed by atoms with Crippen molar-refractivity contribution in [2.45, 2.75) is 0 Å². The van der Waals surface area contributed by atoms with E-state index in [1.54, 1.807) is 7.11 Å². The van der Waals surface area contributed by atoms with E-state index in [0.29, 0.717) is 0 Å². The van der Waals surface area contributed by atoms with Gasteiger partial charge in [-0.2, -0.15) is 0 Å². The molecule has 0 spiro atoms. The van der Waals surface area contributed by atoms with E-state index in [2.05, 4.69) is 10.8 Å². The number of hydrogen-bond acceptors (Lipinski definition) is 4. The highest BCUT2D eigenvalue weighted by Gasteiger charge is 2.17. The highest BCUT2D eigenvalue weighted by atomic mass is 16.7. The standard InChI is InChI=1S/C20H17N3O3/c1-22-17(14-6-7-18-19(9-14)26-12-25-18)11-23-10-16(21-20(22)23)13-4-3-5-15(8-13)24-2/h3-11H,12H2,1-2H3.